The molecule has 0 aliphatic rings. The van der Waals surface area contributed by atoms with E-state index in [1.165, 1.54) is 0 Å². The highest BCUT2D eigenvalue weighted by Crippen LogP contribution is 2.13. The lowest BCUT2D eigenvalue weighted by atomic mass is 10.0. The van der Waals surface area contributed by atoms with Crippen LogP contribution in [0.25, 0.3) is 0 Å². The molecule has 0 fully saturated rings. The number of benzene rings is 1. The number of hydrogen-bond acceptors (Lipinski definition) is 3. The maximum Gasteiger partial charge on any atom is 0.257 e. The standard InChI is InChI=1S/C16H14N2O2/c1-12-7-8-13(5-4-10-19)11-14(12)16(20)18-15-6-2-3-9-17-15/h2-3,6-9,11,19H,10H2,1H3,(H,17,18,20). The summed E-state index contributed by atoms with van der Waals surface area (Å²) in [4.78, 5) is 16.3. The van der Waals surface area contributed by atoms with Crippen molar-refractivity contribution in [2.45, 2.75) is 6.92 Å². The molecule has 0 radical (unpaired) electrons. The summed E-state index contributed by atoms with van der Waals surface area (Å²) >= 11 is 0. The van der Waals surface area contributed by atoms with Crippen molar-refractivity contribution in [3.63, 3.8) is 0 Å². The van der Waals surface area contributed by atoms with Crippen LogP contribution in [0.3, 0.4) is 0 Å². The first-order valence-electron chi connectivity index (χ1n) is 6.13. The number of nitrogens with zero attached hydrogens (tertiary/aromatic N) is 1. The number of anilines is 1. The molecule has 20 heavy (non-hydrogen) atoms. The minimum absolute atomic E-state index is 0.205. The topological polar surface area (TPSA) is 62.2 Å². The summed E-state index contributed by atoms with van der Waals surface area (Å²) in [5, 5.41) is 11.4. The Balaban J connectivity index is 2.25. The third-order valence-corrected chi connectivity index (χ3v) is 2.70. The van der Waals surface area contributed by atoms with Crippen molar-refractivity contribution in [3.8, 4) is 11.8 Å². The first kappa shape index (κ1) is 13.8. The van der Waals surface area contributed by atoms with Crippen LogP contribution in [0.4, 0.5) is 5.82 Å². The van der Waals surface area contributed by atoms with Gasteiger partial charge in [-0.3, -0.25) is 4.79 Å². The van der Waals surface area contributed by atoms with E-state index in [9.17, 15) is 4.79 Å². The van der Waals surface area contributed by atoms with Crippen LogP contribution in [0.2, 0.25) is 0 Å². The molecule has 100 valence electrons. The van der Waals surface area contributed by atoms with E-state index in [0.717, 1.165) is 5.56 Å². The molecule has 4 heteroatoms. The van der Waals surface area contributed by atoms with Crippen LogP contribution in [-0.2, 0) is 0 Å². The van der Waals surface area contributed by atoms with Crippen molar-refractivity contribution >= 4 is 11.7 Å². The Hall–Kier alpha value is -2.64. The highest BCUT2D eigenvalue weighted by molar-refractivity contribution is 6.05. The van der Waals surface area contributed by atoms with Crippen molar-refractivity contribution in [1.82, 2.24) is 4.98 Å². The van der Waals surface area contributed by atoms with Crippen molar-refractivity contribution in [2.75, 3.05) is 11.9 Å². The minimum Gasteiger partial charge on any atom is -0.384 e. The molecule has 1 aromatic heterocycles. The summed E-state index contributed by atoms with van der Waals surface area (Å²) in [6.45, 7) is 1.65. The number of amides is 1. The Bertz CT molecular complexity index is 670. The molecule has 0 saturated carbocycles. The van der Waals surface area contributed by atoms with Gasteiger partial charge in [0.05, 0.1) is 0 Å². The number of carbonyl (C=O) groups is 1. The van der Waals surface area contributed by atoms with Crippen LogP contribution in [0.1, 0.15) is 21.5 Å². The summed E-state index contributed by atoms with van der Waals surface area (Å²) in [5.74, 6) is 5.62. The third-order valence-electron chi connectivity index (χ3n) is 2.70. The molecule has 0 aliphatic heterocycles. The van der Waals surface area contributed by atoms with Crippen LogP contribution in [0.5, 0.6) is 0 Å². The zero-order valence-corrected chi connectivity index (χ0v) is 11.1. The summed E-state index contributed by atoms with van der Waals surface area (Å²) < 4.78 is 0. The highest BCUT2D eigenvalue weighted by Gasteiger charge is 2.10. The zero-order valence-electron chi connectivity index (χ0n) is 11.1. The monoisotopic (exact) mass is 266 g/mol. The van der Waals surface area contributed by atoms with E-state index < -0.39 is 0 Å². The van der Waals surface area contributed by atoms with Gasteiger partial charge in [-0.05, 0) is 36.8 Å². The van der Waals surface area contributed by atoms with Gasteiger partial charge in [0.2, 0.25) is 0 Å². The second kappa shape index (κ2) is 6.50. The number of nitrogens with one attached hydrogen (secondary N) is 1. The molecular weight excluding hydrogens is 252 g/mol. The molecule has 2 N–H and O–H groups in total. The van der Waals surface area contributed by atoms with Gasteiger partial charge >= 0.3 is 0 Å². The normalized spacial score (nSPS) is 9.50. The second-order valence-corrected chi connectivity index (χ2v) is 4.16. The molecule has 4 nitrogen and oxygen atoms in total. The molecule has 2 aromatic rings. The highest BCUT2D eigenvalue weighted by atomic mass is 16.2. The summed E-state index contributed by atoms with van der Waals surface area (Å²) in [7, 11) is 0. The smallest absolute Gasteiger partial charge is 0.257 e. The van der Waals surface area contributed by atoms with Crippen LogP contribution in [0.15, 0.2) is 42.6 Å². The van der Waals surface area contributed by atoms with Gasteiger partial charge in [-0.15, -0.1) is 0 Å². The molecule has 2 rings (SSSR count). The van der Waals surface area contributed by atoms with Gasteiger partial charge in [0.25, 0.3) is 5.91 Å². The SMILES string of the molecule is Cc1ccc(C#CCO)cc1C(=O)Nc1ccccn1. The third kappa shape index (κ3) is 3.44. The van der Waals surface area contributed by atoms with Gasteiger partial charge in [0.1, 0.15) is 12.4 Å². The first-order chi connectivity index (χ1) is 9.70. The van der Waals surface area contributed by atoms with Crippen LogP contribution in [0, 0.1) is 18.8 Å². The van der Waals surface area contributed by atoms with E-state index in [2.05, 4.69) is 22.1 Å². The second-order valence-electron chi connectivity index (χ2n) is 4.16. The molecule has 0 saturated heterocycles. The lowest BCUT2D eigenvalue weighted by molar-refractivity contribution is 0.102. The fourth-order valence-corrected chi connectivity index (χ4v) is 1.71. The molecule has 0 aliphatic carbocycles. The van der Waals surface area contributed by atoms with Gasteiger partial charge in [-0.2, -0.15) is 0 Å². The van der Waals surface area contributed by atoms with Crippen LogP contribution < -0.4 is 5.32 Å². The largest absolute Gasteiger partial charge is 0.384 e. The molecule has 0 bridgehead atoms. The molecule has 1 heterocycles. The Morgan fingerprint density at radius 2 is 2.20 bits per heavy atom. The van der Waals surface area contributed by atoms with E-state index in [4.69, 9.17) is 5.11 Å². The number of carbonyl (C=O) groups excluding carboxylic acids is 1. The predicted molar refractivity (Wildman–Crippen MR) is 77.3 cm³/mol. The van der Waals surface area contributed by atoms with E-state index in [-0.39, 0.29) is 12.5 Å². The number of aromatic nitrogens is 1. The Labute approximate surface area is 117 Å². The van der Waals surface area contributed by atoms with Gasteiger partial charge in [0, 0.05) is 17.3 Å². The fraction of sp³-hybridized carbons (Fsp3) is 0.125. The van der Waals surface area contributed by atoms with Crippen molar-refractivity contribution < 1.29 is 9.90 Å². The van der Waals surface area contributed by atoms with Crippen molar-refractivity contribution in [3.05, 3.63) is 59.3 Å². The van der Waals surface area contributed by atoms with Crippen molar-refractivity contribution in [2.24, 2.45) is 0 Å². The lowest BCUT2D eigenvalue weighted by Gasteiger charge is -2.07. The van der Waals surface area contributed by atoms with Gasteiger partial charge in [-0.1, -0.05) is 24.0 Å². The fourth-order valence-electron chi connectivity index (χ4n) is 1.71. The molecule has 1 amide bonds. The zero-order chi connectivity index (χ0) is 14.4. The van der Waals surface area contributed by atoms with E-state index >= 15 is 0 Å². The van der Waals surface area contributed by atoms with Gasteiger partial charge in [0.15, 0.2) is 0 Å². The lowest BCUT2D eigenvalue weighted by Crippen LogP contribution is -2.14. The first-order valence-corrected chi connectivity index (χ1v) is 6.13. The van der Waals surface area contributed by atoms with Gasteiger partial charge < -0.3 is 10.4 Å². The summed E-state index contributed by atoms with van der Waals surface area (Å²) in [6, 6.07) is 10.7. The van der Waals surface area contributed by atoms with Crippen LogP contribution in [-0.4, -0.2) is 22.6 Å². The number of hydrogen-bond donors (Lipinski definition) is 2. The molecule has 1 aromatic carbocycles. The quantitative estimate of drug-likeness (QED) is 0.817. The number of aliphatic hydroxyl groups is 1. The molecule has 0 spiro atoms. The van der Waals surface area contributed by atoms with E-state index in [0.29, 0.717) is 16.9 Å². The van der Waals surface area contributed by atoms with Crippen molar-refractivity contribution in [1.29, 1.82) is 0 Å². The molecule has 0 atom stereocenters. The van der Waals surface area contributed by atoms with Gasteiger partial charge in [-0.25, -0.2) is 4.98 Å². The molecular formula is C16H14N2O2. The Kier molecular flexibility index (Phi) is 4.48. The Morgan fingerprint density at radius 1 is 1.35 bits per heavy atom. The van der Waals surface area contributed by atoms with E-state index in [1.807, 2.05) is 19.1 Å². The van der Waals surface area contributed by atoms with E-state index in [1.54, 1.807) is 30.5 Å². The summed E-state index contributed by atoms with van der Waals surface area (Å²) in [5.41, 5.74) is 2.09. The average Bonchev–Trinajstić information content (AvgIpc) is 2.47. The Morgan fingerprint density at radius 3 is 2.90 bits per heavy atom. The number of aryl methyl sites for hydroxylation is 1. The number of aliphatic hydroxyl groups excluding tert-OH is 1. The number of pyridine rings is 1. The average molecular weight is 266 g/mol. The summed E-state index contributed by atoms with van der Waals surface area (Å²) in [6.07, 6.45) is 1.62. The predicted octanol–water partition coefficient (Wildman–Crippen LogP) is 1.99. The maximum atomic E-state index is 12.2. The molecule has 0 unspecified atom stereocenters. The van der Waals surface area contributed by atoms with Crippen LogP contribution >= 0.6 is 0 Å². The minimum atomic E-state index is -0.228. The number of rotatable bonds is 2. The maximum absolute atomic E-state index is 12.2.